The van der Waals surface area contributed by atoms with Crippen LogP contribution >= 0.6 is 47.8 Å². The second-order valence-corrected chi connectivity index (χ2v) is 13.2. The molecule has 305 valence electrons. The number of phenolic OH excluding ortho intramolecular Hbond substituents is 2. The molecule has 0 aliphatic heterocycles. The van der Waals surface area contributed by atoms with E-state index in [9.17, 15) is 30.3 Å². The minimum atomic E-state index is -0.644. The third-order valence-corrected chi connectivity index (χ3v) is 8.66. The number of nitro benzene ring substituents is 3. The van der Waals surface area contributed by atoms with Crippen LogP contribution in [0.5, 0.6) is 23.0 Å². The summed E-state index contributed by atoms with van der Waals surface area (Å²) in [5.74, 6) is 0.836. The van der Waals surface area contributed by atoms with Crippen LogP contribution in [0.15, 0.2) is 86.2 Å². The van der Waals surface area contributed by atoms with E-state index in [1.165, 1.54) is 70.8 Å². The Labute approximate surface area is 435 Å². The van der Waals surface area contributed by atoms with Crippen molar-refractivity contribution in [3.63, 3.8) is 0 Å². The normalized spacial score (nSPS) is 8.26. The molecule has 0 saturated carbocycles. The lowest BCUT2D eigenvalue weighted by Crippen LogP contribution is -2.42. The zero-order chi connectivity index (χ0) is 50.7. The zero-order valence-corrected chi connectivity index (χ0v) is 39.6. The van der Waals surface area contributed by atoms with E-state index in [4.69, 9.17) is 109 Å². The highest BCUT2D eigenvalue weighted by Crippen LogP contribution is 2.34. The Morgan fingerprint density at radius 3 is 1.24 bits per heavy atom. The quantitative estimate of drug-likeness (QED) is 0.0540. The number of nitrogen functional groups attached to an aromatic ring is 2. The maximum Gasteiger partial charge on any atom is 0.295 e. The van der Waals surface area contributed by atoms with Gasteiger partial charge in [0, 0.05) is 179 Å². The average Bonchev–Trinajstić information content (AvgIpc) is 3.25. The van der Waals surface area contributed by atoms with Crippen LogP contribution in [0.25, 0.3) is 0 Å². The van der Waals surface area contributed by atoms with Crippen molar-refractivity contribution < 1.29 is 34.5 Å². The van der Waals surface area contributed by atoms with E-state index in [0.717, 1.165) is 10.2 Å². The summed E-state index contributed by atoms with van der Waals surface area (Å²) in [5, 5.41) is 48.8. The van der Waals surface area contributed by atoms with E-state index in [1.807, 2.05) is 18.2 Å². The Morgan fingerprint density at radius 1 is 0.606 bits per heavy atom. The lowest BCUT2D eigenvalue weighted by atomic mass is 8.77. The predicted molar refractivity (Wildman–Crippen MR) is 302 cm³/mol. The minimum absolute atomic E-state index is 0. The molecule has 39 heteroatoms. The van der Waals surface area contributed by atoms with Crippen molar-refractivity contribution in [2.75, 3.05) is 25.7 Å². The van der Waals surface area contributed by atoms with Crippen LogP contribution in [0, 0.1) is 30.3 Å². The number of methoxy groups -OCH3 is 2. The summed E-state index contributed by atoms with van der Waals surface area (Å²) in [6, 6.07) is 18.1. The van der Waals surface area contributed by atoms with Gasteiger partial charge in [-0.15, -0.1) is 0 Å². The number of benzene rings is 4. The van der Waals surface area contributed by atoms with Gasteiger partial charge in [-0.25, -0.2) is 0 Å². The molecule has 0 atom stereocenters. The number of aromatic hydroxyl groups is 2. The van der Waals surface area contributed by atoms with E-state index in [-0.39, 0.29) is 60.9 Å². The number of hydrogen-bond donors (Lipinski definition) is 4. The summed E-state index contributed by atoms with van der Waals surface area (Å²) in [5.41, 5.74) is 10.9. The Morgan fingerprint density at radius 2 is 0.955 bits per heavy atom. The number of phenols is 2. The van der Waals surface area contributed by atoms with Crippen molar-refractivity contribution in [2.45, 2.75) is 7.43 Å². The molecule has 0 aliphatic rings. The molecule has 0 saturated heterocycles. The van der Waals surface area contributed by atoms with Crippen LogP contribution in [0.4, 0.5) is 28.4 Å². The van der Waals surface area contributed by atoms with Crippen molar-refractivity contribution in [1.29, 1.82) is 0 Å². The van der Waals surface area contributed by atoms with E-state index < -0.39 is 33.9 Å². The van der Waals surface area contributed by atoms with E-state index in [0.29, 0.717) is 15.9 Å². The molecule has 0 aliphatic carbocycles. The van der Waals surface area contributed by atoms with Crippen molar-refractivity contribution in [3.05, 3.63) is 117 Å². The maximum atomic E-state index is 10.4. The average molecular weight is 1050 g/mol. The molecule has 4 aromatic rings. The smallest absolute Gasteiger partial charge is 0.295 e. The molecule has 4 rings (SSSR count). The molecule has 0 bridgehead atoms. The van der Waals surface area contributed by atoms with Gasteiger partial charge in [-0.1, -0.05) is 31.7 Å². The summed E-state index contributed by atoms with van der Waals surface area (Å²) in [6.45, 7) is 0. The monoisotopic (exact) mass is 1050 g/mol. The van der Waals surface area contributed by atoms with Crippen LogP contribution in [-0.2, 0) is 0 Å². The van der Waals surface area contributed by atoms with Gasteiger partial charge in [-0.3, -0.25) is 30.3 Å². The zero-order valence-electron chi connectivity index (χ0n) is 34.8. The van der Waals surface area contributed by atoms with Crippen LogP contribution in [-0.4, -0.2) is 194 Å². The fourth-order valence-corrected chi connectivity index (χ4v) is 4.56. The molecule has 66 heavy (non-hydrogen) atoms. The Balaban J connectivity index is -0.000000160. The molecule has 0 unspecified atom stereocenters. The van der Waals surface area contributed by atoms with Gasteiger partial charge in [-0.2, -0.15) is 0 Å². The second-order valence-electron chi connectivity index (χ2n) is 10.8. The fourth-order valence-electron chi connectivity index (χ4n) is 3.15. The number of nitrogens with two attached hydrogens (primary N) is 2. The lowest BCUT2D eigenvalue weighted by Gasteiger charge is -2.04. The van der Waals surface area contributed by atoms with Gasteiger partial charge in [0.15, 0.2) is 5.69 Å². The molecular weight excluding hydrogens is 1020 g/mol. The van der Waals surface area contributed by atoms with Gasteiger partial charge in [0.1, 0.15) is 31.9 Å². The van der Waals surface area contributed by atoms with Crippen LogP contribution in [0.1, 0.15) is 7.43 Å². The van der Waals surface area contributed by atoms with Gasteiger partial charge in [-0.05, 0) is 78.1 Å². The Kier molecular flexibility index (Phi) is 49.7. The number of nitrogens with zero attached hydrogens (tertiary/aromatic N) is 3. The standard InChI is InChI=1S/C7H6BrNO3.C7H8BrNO.C6H4BrNO3.C6H6N2O3.CH4.B8.B6.B4.B2.B/c1-12-6-4-2-3-5(7(6)8)9(10)11;1-10-6-4-2-3-5(9)7(6)8;2*7-6-4(8(10)11)2-1-3-5(6)9;;1-5-8(4)6-7(2)3;1-5(2)6(3)4;1-3-4-2;1-2;/h2-4H,1H3;2-4H,9H2,1H3;1-3,9H;1-3,9H,7H2;1H4;;;;;. The van der Waals surface area contributed by atoms with Gasteiger partial charge >= 0.3 is 0 Å². The molecule has 4 aromatic carbocycles. The first-order chi connectivity index (χ1) is 29.9. The first-order valence-corrected chi connectivity index (χ1v) is 19.3. The second kappa shape index (κ2) is 44.2. The molecule has 0 spiro atoms. The van der Waals surface area contributed by atoms with Crippen molar-refractivity contribution in [3.8, 4) is 23.0 Å². The highest BCUT2D eigenvalue weighted by Gasteiger charge is 2.15. The Bertz CT molecular complexity index is 1880. The van der Waals surface area contributed by atoms with E-state index >= 15 is 0 Å². The van der Waals surface area contributed by atoms with Gasteiger partial charge in [0.05, 0.1) is 33.5 Å². The third kappa shape index (κ3) is 34.0. The summed E-state index contributed by atoms with van der Waals surface area (Å²) >= 11 is 9.25. The lowest BCUT2D eigenvalue weighted by molar-refractivity contribution is -0.385. The first kappa shape index (κ1) is 74.2. The summed E-state index contributed by atoms with van der Waals surface area (Å²) < 4.78 is 11.2. The summed E-state index contributed by atoms with van der Waals surface area (Å²) in [7, 11) is 66.4. The van der Waals surface area contributed by atoms with Crippen molar-refractivity contribution in [2.24, 2.45) is 0 Å². The first-order valence-electron chi connectivity index (χ1n) is 16.9. The highest BCUT2D eigenvalue weighted by atomic mass is 79.9. The van der Waals surface area contributed by atoms with Crippen LogP contribution < -0.4 is 20.9 Å². The molecule has 15 nitrogen and oxygen atoms in total. The number of rotatable bonds is 10. The largest absolute Gasteiger partial charge is 0.507 e. The molecular formula is C27H28B21Br3N5O10. The number of anilines is 2. The number of para-hydroxylation sites is 1. The van der Waals surface area contributed by atoms with Crippen molar-refractivity contribution in [1.82, 2.24) is 0 Å². The highest BCUT2D eigenvalue weighted by molar-refractivity contribution is 9.11. The van der Waals surface area contributed by atoms with Gasteiger partial charge in [0.2, 0.25) is 0 Å². The number of ether oxygens (including phenoxy) is 2. The maximum absolute atomic E-state index is 10.4. The number of nitro groups is 3. The topological polar surface area (TPSA) is 240 Å². The molecule has 0 aromatic heterocycles. The van der Waals surface area contributed by atoms with E-state index in [2.05, 4.69) is 63.3 Å². The van der Waals surface area contributed by atoms with Crippen LogP contribution in [0.2, 0.25) is 0 Å². The van der Waals surface area contributed by atoms with Crippen LogP contribution in [0.3, 0.4) is 0 Å². The molecule has 31 radical (unpaired) electrons. The molecule has 6 N–H and O–H groups in total. The molecule has 0 fully saturated rings. The third-order valence-electron chi connectivity index (χ3n) is 6.21. The Hall–Kier alpha value is -3.32. The molecule has 0 heterocycles. The minimum Gasteiger partial charge on any atom is -0.507 e. The number of halogens is 3. The molecule has 0 amide bonds. The summed E-state index contributed by atoms with van der Waals surface area (Å²) in [6.07, 6.45) is -1.96. The predicted octanol–water partition coefficient (Wildman–Crippen LogP) is -0.00940. The summed E-state index contributed by atoms with van der Waals surface area (Å²) in [4.78, 5) is 29.2. The fraction of sp³-hybridized carbons (Fsp3) is 0.111. The number of hydrogen-bond acceptors (Lipinski definition) is 12. The SMILES string of the molecule is C.COc1cccc(N)c1Br.COc1cccc([N+](=O)[O-])c1Br.Nc1c(O)cccc1[N+](=O)[O-].O=[N+]([O-])c1cccc(O)c1Br.[B].[B]B([B])B([B])[B].[B][B].[B][B]B([B])[B]B([B])[B].[B][B][B][B]. The van der Waals surface area contributed by atoms with Crippen molar-refractivity contribution >= 4 is 231 Å². The van der Waals surface area contributed by atoms with Gasteiger partial charge in [0.25, 0.3) is 17.1 Å². The van der Waals surface area contributed by atoms with E-state index in [1.54, 1.807) is 26.3 Å². The van der Waals surface area contributed by atoms with Gasteiger partial charge < -0.3 is 31.2 Å².